The Morgan fingerprint density at radius 1 is 1.33 bits per heavy atom. The van der Waals surface area contributed by atoms with Gasteiger partial charge in [0, 0.05) is 12.1 Å². The number of nitrogens with two attached hydrogens (primary N) is 1. The van der Waals surface area contributed by atoms with Gasteiger partial charge in [-0.3, -0.25) is 0 Å². The molecule has 9 heavy (non-hydrogen) atoms. The molecular formula is C7H14N2. The van der Waals surface area contributed by atoms with Crippen LogP contribution in [0.4, 0.5) is 0 Å². The lowest BCUT2D eigenvalue weighted by atomic mass is 9.86. The second-order valence-corrected chi connectivity index (χ2v) is 3.34. The van der Waals surface area contributed by atoms with Gasteiger partial charge in [0.2, 0.25) is 0 Å². The van der Waals surface area contributed by atoms with Gasteiger partial charge in [0.05, 0.1) is 0 Å². The van der Waals surface area contributed by atoms with Crippen LogP contribution in [0.1, 0.15) is 19.3 Å². The van der Waals surface area contributed by atoms with Crippen LogP contribution in [0.15, 0.2) is 0 Å². The van der Waals surface area contributed by atoms with Crippen LogP contribution in [-0.4, -0.2) is 18.6 Å². The molecule has 2 nitrogen and oxygen atoms in total. The van der Waals surface area contributed by atoms with Gasteiger partial charge in [-0.2, -0.15) is 0 Å². The quantitative estimate of drug-likeness (QED) is 0.482. The first kappa shape index (κ1) is 5.69. The first-order valence-corrected chi connectivity index (χ1v) is 3.85. The SMILES string of the molecule is NC1CCC2CC1CN2. The Kier molecular flexibility index (Phi) is 1.24. The smallest absolute Gasteiger partial charge is 0.00804 e. The maximum absolute atomic E-state index is 5.88. The summed E-state index contributed by atoms with van der Waals surface area (Å²) in [5, 5.41) is 3.47. The van der Waals surface area contributed by atoms with Crippen LogP contribution in [0.3, 0.4) is 0 Å². The Morgan fingerprint density at radius 3 is 3.00 bits per heavy atom. The van der Waals surface area contributed by atoms with Crippen LogP contribution in [0.25, 0.3) is 0 Å². The Morgan fingerprint density at radius 2 is 2.22 bits per heavy atom. The van der Waals surface area contributed by atoms with Crippen molar-refractivity contribution in [2.24, 2.45) is 11.7 Å². The molecular weight excluding hydrogens is 112 g/mol. The van der Waals surface area contributed by atoms with Crippen molar-refractivity contribution in [3.63, 3.8) is 0 Å². The highest BCUT2D eigenvalue weighted by Crippen LogP contribution is 2.27. The van der Waals surface area contributed by atoms with E-state index in [4.69, 9.17) is 5.73 Å². The largest absolute Gasteiger partial charge is 0.327 e. The second kappa shape index (κ2) is 1.96. The van der Waals surface area contributed by atoms with Crippen molar-refractivity contribution >= 4 is 0 Å². The fourth-order valence-corrected chi connectivity index (χ4v) is 2.03. The van der Waals surface area contributed by atoms with E-state index in [0.29, 0.717) is 6.04 Å². The maximum Gasteiger partial charge on any atom is 0.00804 e. The van der Waals surface area contributed by atoms with Crippen molar-refractivity contribution in [2.45, 2.75) is 31.3 Å². The van der Waals surface area contributed by atoms with E-state index in [9.17, 15) is 0 Å². The van der Waals surface area contributed by atoms with Gasteiger partial charge in [-0.1, -0.05) is 0 Å². The van der Waals surface area contributed by atoms with Crippen molar-refractivity contribution < 1.29 is 0 Å². The molecule has 52 valence electrons. The molecule has 3 atom stereocenters. The summed E-state index contributed by atoms with van der Waals surface area (Å²) in [5.41, 5.74) is 5.88. The molecule has 3 N–H and O–H groups in total. The van der Waals surface area contributed by atoms with Crippen molar-refractivity contribution in [3.05, 3.63) is 0 Å². The average molecular weight is 126 g/mol. The molecule has 1 saturated heterocycles. The highest BCUT2D eigenvalue weighted by molar-refractivity contribution is 4.92. The lowest BCUT2D eigenvalue weighted by molar-refractivity contribution is 0.356. The number of hydrogen-bond donors (Lipinski definition) is 2. The summed E-state index contributed by atoms with van der Waals surface area (Å²) in [7, 11) is 0. The first-order valence-electron chi connectivity index (χ1n) is 3.85. The second-order valence-electron chi connectivity index (χ2n) is 3.34. The van der Waals surface area contributed by atoms with Crippen LogP contribution in [0, 0.1) is 5.92 Å². The molecule has 2 bridgehead atoms. The van der Waals surface area contributed by atoms with Gasteiger partial charge >= 0.3 is 0 Å². The van der Waals surface area contributed by atoms with Crippen molar-refractivity contribution in [1.29, 1.82) is 0 Å². The van der Waals surface area contributed by atoms with E-state index in [2.05, 4.69) is 5.32 Å². The van der Waals surface area contributed by atoms with E-state index in [1.54, 1.807) is 0 Å². The fraction of sp³-hybridized carbons (Fsp3) is 1.00. The monoisotopic (exact) mass is 126 g/mol. The van der Waals surface area contributed by atoms with E-state index in [-0.39, 0.29) is 0 Å². The number of hydrogen-bond acceptors (Lipinski definition) is 2. The summed E-state index contributed by atoms with van der Waals surface area (Å²) in [4.78, 5) is 0. The third-order valence-corrected chi connectivity index (χ3v) is 2.71. The summed E-state index contributed by atoms with van der Waals surface area (Å²) in [5.74, 6) is 0.795. The number of rotatable bonds is 0. The molecule has 0 radical (unpaired) electrons. The maximum atomic E-state index is 5.88. The zero-order valence-electron chi connectivity index (χ0n) is 5.64. The highest BCUT2D eigenvalue weighted by atomic mass is 15.0. The molecule has 2 heteroatoms. The molecule has 0 amide bonds. The third-order valence-electron chi connectivity index (χ3n) is 2.71. The molecule has 0 aromatic carbocycles. The summed E-state index contributed by atoms with van der Waals surface area (Å²) in [6, 6.07) is 1.31. The third kappa shape index (κ3) is 0.864. The predicted octanol–water partition coefficient (Wildman–Crippen LogP) is 0.0856. The van der Waals surface area contributed by atoms with Gasteiger partial charge in [-0.15, -0.1) is 0 Å². The summed E-state index contributed by atoms with van der Waals surface area (Å²) in [6.45, 7) is 1.17. The van der Waals surface area contributed by atoms with E-state index in [1.807, 2.05) is 0 Å². The van der Waals surface area contributed by atoms with Crippen molar-refractivity contribution in [1.82, 2.24) is 5.32 Å². The van der Waals surface area contributed by atoms with Gasteiger partial charge in [0.15, 0.2) is 0 Å². The van der Waals surface area contributed by atoms with Gasteiger partial charge in [-0.25, -0.2) is 0 Å². The van der Waals surface area contributed by atoms with Crippen molar-refractivity contribution in [2.75, 3.05) is 6.54 Å². The lowest BCUT2D eigenvalue weighted by Gasteiger charge is -2.23. The van der Waals surface area contributed by atoms with Gasteiger partial charge < -0.3 is 11.1 Å². The Bertz CT molecular complexity index is 113. The fourth-order valence-electron chi connectivity index (χ4n) is 2.03. The number of nitrogens with one attached hydrogen (secondary N) is 1. The molecule has 1 aliphatic heterocycles. The molecule has 3 unspecified atom stereocenters. The molecule has 0 aromatic rings. The minimum atomic E-state index is 0.497. The normalized spacial score (nSPS) is 49.7. The summed E-state index contributed by atoms with van der Waals surface area (Å²) in [6.07, 6.45) is 3.88. The molecule has 1 heterocycles. The molecule has 2 rings (SSSR count). The molecule has 2 fully saturated rings. The van der Waals surface area contributed by atoms with Gasteiger partial charge in [0.1, 0.15) is 0 Å². The molecule has 0 spiro atoms. The summed E-state index contributed by atoms with van der Waals surface area (Å²) < 4.78 is 0. The first-order chi connectivity index (χ1) is 4.36. The van der Waals surface area contributed by atoms with E-state index >= 15 is 0 Å². The topological polar surface area (TPSA) is 38.0 Å². The standard InChI is InChI=1S/C7H14N2/c8-7-2-1-6-3-5(7)4-9-6/h5-7,9H,1-4,8H2. The average Bonchev–Trinajstić information content (AvgIpc) is 2.25. The Balaban J connectivity index is 2.05. The zero-order chi connectivity index (χ0) is 6.27. The Labute approximate surface area is 55.8 Å². The van der Waals surface area contributed by atoms with Crippen LogP contribution < -0.4 is 11.1 Å². The van der Waals surface area contributed by atoms with Crippen molar-refractivity contribution in [3.8, 4) is 0 Å². The summed E-state index contributed by atoms with van der Waals surface area (Å²) >= 11 is 0. The minimum Gasteiger partial charge on any atom is -0.327 e. The van der Waals surface area contributed by atoms with E-state index in [1.165, 1.54) is 25.8 Å². The molecule has 1 aliphatic carbocycles. The van der Waals surface area contributed by atoms with E-state index in [0.717, 1.165) is 12.0 Å². The molecule has 1 saturated carbocycles. The predicted molar refractivity (Wildman–Crippen MR) is 37.1 cm³/mol. The van der Waals surface area contributed by atoms with Crippen LogP contribution in [0.5, 0.6) is 0 Å². The van der Waals surface area contributed by atoms with Crippen LogP contribution in [-0.2, 0) is 0 Å². The lowest BCUT2D eigenvalue weighted by Crippen LogP contribution is -2.33. The van der Waals surface area contributed by atoms with E-state index < -0.39 is 0 Å². The van der Waals surface area contributed by atoms with Gasteiger partial charge in [-0.05, 0) is 31.7 Å². The Hall–Kier alpha value is -0.0800. The zero-order valence-corrected chi connectivity index (χ0v) is 5.64. The van der Waals surface area contributed by atoms with Crippen LogP contribution in [0.2, 0.25) is 0 Å². The highest BCUT2D eigenvalue weighted by Gasteiger charge is 2.32. The molecule has 0 aromatic heterocycles. The van der Waals surface area contributed by atoms with Crippen LogP contribution >= 0.6 is 0 Å². The number of fused-ring (bicyclic) bond motifs is 2. The minimum absolute atomic E-state index is 0.497. The van der Waals surface area contributed by atoms with Gasteiger partial charge in [0.25, 0.3) is 0 Å². The molecule has 2 aliphatic rings.